The third-order valence-corrected chi connectivity index (χ3v) is 3.96. The Morgan fingerprint density at radius 1 is 1.32 bits per heavy atom. The van der Waals surface area contributed by atoms with E-state index in [-0.39, 0.29) is 11.4 Å². The van der Waals surface area contributed by atoms with E-state index in [1.807, 2.05) is 0 Å². The topological polar surface area (TPSA) is 115 Å². The number of nitrogens with one attached hydrogen (secondary N) is 2. The number of rotatable bonds is 6. The first-order valence-electron chi connectivity index (χ1n) is 5.53. The second kappa shape index (κ2) is 5.78. The van der Waals surface area contributed by atoms with Gasteiger partial charge in [-0.15, -0.1) is 5.10 Å². The number of benzene rings is 1. The molecule has 1 aromatic heterocycles. The monoisotopic (exact) mass is 282 g/mol. The summed E-state index contributed by atoms with van der Waals surface area (Å²) in [5, 5.41) is 7.37. The highest BCUT2D eigenvalue weighted by Crippen LogP contribution is 2.18. The number of hydrogen-bond acceptors (Lipinski definition) is 6. The normalized spacial score (nSPS) is 11.4. The van der Waals surface area contributed by atoms with E-state index in [0.717, 1.165) is 0 Å². The van der Waals surface area contributed by atoms with Gasteiger partial charge < -0.3 is 5.43 Å². The van der Waals surface area contributed by atoms with Gasteiger partial charge in [0.2, 0.25) is 10.0 Å². The minimum Gasteiger partial charge on any atom is -0.323 e. The van der Waals surface area contributed by atoms with Gasteiger partial charge in [0.1, 0.15) is 4.90 Å². The fraction of sp³-hybridized carbons (Fsp3) is 0.200. The van der Waals surface area contributed by atoms with Crippen molar-refractivity contribution in [1.29, 1.82) is 0 Å². The number of anilines is 1. The van der Waals surface area contributed by atoms with Crippen LogP contribution in [0.15, 0.2) is 41.6 Å². The smallest absolute Gasteiger partial charge is 0.242 e. The Balaban J connectivity index is 2.05. The first-order chi connectivity index (χ1) is 9.13. The Morgan fingerprint density at radius 2 is 2.11 bits per heavy atom. The van der Waals surface area contributed by atoms with Crippen molar-refractivity contribution in [1.82, 2.24) is 19.7 Å². The van der Waals surface area contributed by atoms with Gasteiger partial charge in [0.25, 0.3) is 0 Å². The zero-order valence-corrected chi connectivity index (χ0v) is 10.8. The Kier molecular flexibility index (Phi) is 4.10. The Bertz CT molecular complexity index is 625. The molecule has 102 valence electrons. The average molecular weight is 282 g/mol. The number of hydrogen-bond donors (Lipinski definition) is 3. The Labute approximate surface area is 110 Å². The van der Waals surface area contributed by atoms with Crippen LogP contribution >= 0.6 is 0 Å². The maximum atomic E-state index is 12.1. The van der Waals surface area contributed by atoms with E-state index in [2.05, 4.69) is 20.5 Å². The average Bonchev–Trinajstić information content (AvgIpc) is 2.91. The first-order valence-corrected chi connectivity index (χ1v) is 7.01. The molecule has 0 bridgehead atoms. The molecule has 0 saturated carbocycles. The van der Waals surface area contributed by atoms with E-state index in [1.165, 1.54) is 16.9 Å². The molecule has 0 unspecified atom stereocenters. The van der Waals surface area contributed by atoms with Crippen LogP contribution in [-0.2, 0) is 16.6 Å². The number of nitrogen functional groups attached to an aromatic ring is 1. The molecule has 0 spiro atoms. The van der Waals surface area contributed by atoms with Gasteiger partial charge >= 0.3 is 0 Å². The SMILES string of the molecule is NNc1ccccc1S(=O)(=O)NCCn1ccnn1. The molecule has 0 fully saturated rings. The molecule has 2 rings (SSSR count). The summed E-state index contributed by atoms with van der Waals surface area (Å²) in [6.07, 6.45) is 3.19. The highest BCUT2D eigenvalue weighted by atomic mass is 32.2. The van der Waals surface area contributed by atoms with Crippen LogP contribution in [0.2, 0.25) is 0 Å². The molecule has 0 aliphatic heterocycles. The van der Waals surface area contributed by atoms with Gasteiger partial charge in [-0.1, -0.05) is 17.3 Å². The number of para-hydroxylation sites is 1. The second-order valence-electron chi connectivity index (χ2n) is 3.70. The lowest BCUT2D eigenvalue weighted by Crippen LogP contribution is -2.28. The van der Waals surface area contributed by atoms with Crippen LogP contribution in [-0.4, -0.2) is 30.0 Å². The molecule has 0 aliphatic carbocycles. The lowest BCUT2D eigenvalue weighted by Gasteiger charge is -2.10. The van der Waals surface area contributed by atoms with Crippen LogP contribution in [0, 0.1) is 0 Å². The maximum absolute atomic E-state index is 12.1. The molecule has 0 saturated heterocycles. The second-order valence-corrected chi connectivity index (χ2v) is 5.44. The quantitative estimate of drug-likeness (QED) is 0.488. The van der Waals surface area contributed by atoms with Crippen LogP contribution in [0.1, 0.15) is 0 Å². The van der Waals surface area contributed by atoms with Crippen molar-refractivity contribution in [2.45, 2.75) is 11.4 Å². The molecule has 0 atom stereocenters. The number of nitrogens with two attached hydrogens (primary N) is 1. The van der Waals surface area contributed by atoms with Crippen molar-refractivity contribution in [3.05, 3.63) is 36.7 Å². The van der Waals surface area contributed by atoms with E-state index in [9.17, 15) is 8.42 Å². The predicted molar refractivity (Wildman–Crippen MR) is 69.5 cm³/mol. The summed E-state index contributed by atoms with van der Waals surface area (Å²) in [4.78, 5) is 0.107. The standard InChI is InChI=1S/C10H14N6O2S/c11-14-9-3-1-2-4-10(9)19(17,18)13-6-8-16-7-5-12-15-16/h1-5,7,13-14H,6,8,11H2. The van der Waals surface area contributed by atoms with Crippen molar-refractivity contribution >= 4 is 15.7 Å². The lowest BCUT2D eigenvalue weighted by molar-refractivity contribution is 0.553. The van der Waals surface area contributed by atoms with E-state index in [4.69, 9.17) is 5.84 Å². The Morgan fingerprint density at radius 3 is 2.79 bits per heavy atom. The van der Waals surface area contributed by atoms with Crippen LogP contribution < -0.4 is 16.0 Å². The zero-order valence-electron chi connectivity index (χ0n) is 10.0. The first kappa shape index (κ1) is 13.5. The van der Waals surface area contributed by atoms with Crippen molar-refractivity contribution in [2.75, 3.05) is 12.0 Å². The predicted octanol–water partition coefficient (Wildman–Crippen LogP) is -0.458. The molecule has 0 aliphatic rings. The zero-order chi connectivity index (χ0) is 13.7. The summed E-state index contributed by atoms with van der Waals surface area (Å²) < 4.78 is 28.2. The van der Waals surface area contributed by atoms with Crippen molar-refractivity contribution in [3.63, 3.8) is 0 Å². The van der Waals surface area contributed by atoms with Gasteiger partial charge in [-0.25, -0.2) is 13.1 Å². The largest absolute Gasteiger partial charge is 0.323 e. The van der Waals surface area contributed by atoms with E-state index < -0.39 is 10.0 Å². The molecule has 19 heavy (non-hydrogen) atoms. The van der Waals surface area contributed by atoms with E-state index in [0.29, 0.717) is 12.2 Å². The Hall–Kier alpha value is -1.97. The van der Waals surface area contributed by atoms with Crippen LogP contribution in [0.4, 0.5) is 5.69 Å². The summed E-state index contributed by atoms with van der Waals surface area (Å²) in [5.41, 5.74) is 2.70. The number of aromatic nitrogens is 3. The third kappa shape index (κ3) is 3.28. The van der Waals surface area contributed by atoms with Crippen molar-refractivity contribution in [3.8, 4) is 0 Å². The number of hydrazine groups is 1. The van der Waals surface area contributed by atoms with Gasteiger partial charge in [-0.05, 0) is 12.1 Å². The number of sulfonamides is 1. The minimum atomic E-state index is -3.61. The fourth-order valence-electron chi connectivity index (χ4n) is 1.54. The van der Waals surface area contributed by atoms with E-state index in [1.54, 1.807) is 24.4 Å². The molecule has 0 amide bonds. The van der Waals surface area contributed by atoms with Gasteiger partial charge in [0.05, 0.1) is 18.4 Å². The van der Waals surface area contributed by atoms with Crippen LogP contribution in [0.3, 0.4) is 0 Å². The molecular formula is C10H14N6O2S. The summed E-state index contributed by atoms with van der Waals surface area (Å²) in [5.74, 6) is 5.29. The molecule has 0 radical (unpaired) electrons. The van der Waals surface area contributed by atoms with Gasteiger partial charge in [0, 0.05) is 12.7 Å². The maximum Gasteiger partial charge on any atom is 0.242 e. The lowest BCUT2D eigenvalue weighted by atomic mass is 10.3. The molecular weight excluding hydrogens is 268 g/mol. The summed E-state index contributed by atoms with van der Waals surface area (Å²) >= 11 is 0. The highest BCUT2D eigenvalue weighted by molar-refractivity contribution is 7.89. The molecule has 1 heterocycles. The van der Waals surface area contributed by atoms with Crippen LogP contribution in [0.25, 0.3) is 0 Å². The molecule has 4 N–H and O–H groups in total. The molecule has 2 aromatic rings. The third-order valence-electron chi connectivity index (χ3n) is 2.44. The van der Waals surface area contributed by atoms with Crippen molar-refractivity contribution < 1.29 is 8.42 Å². The molecule has 8 nitrogen and oxygen atoms in total. The molecule has 1 aromatic carbocycles. The summed E-state index contributed by atoms with van der Waals surface area (Å²) in [6.45, 7) is 0.613. The van der Waals surface area contributed by atoms with Crippen molar-refractivity contribution in [2.24, 2.45) is 5.84 Å². The van der Waals surface area contributed by atoms with Gasteiger partial charge in [-0.2, -0.15) is 0 Å². The minimum absolute atomic E-state index is 0.107. The van der Waals surface area contributed by atoms with Crippen LogP contribution in [0.5, 0.6) is 0 Å². The number of nitrogens with zero attached hydrogens (tertiary/aromatic N) is 3. The highest BCUT2D eigenvalue weighted by Gasteiger charge is 2.17. The molecule has 9 heteroatoms. The summed E-state index contributed by atoms with van der Waals surface area (Å²) in [6, 6.07) is 6.40. The van der Waals surface area contributed by atoms with Gasteiger partial charge in [0.15, 0.2) is 0 Å². The summed E-state index contributed by atoms with van der Waals surface area (Å²) in [7, 11) is -3.61. The van der Waals surface area contributed by atoms with E-state index >= 15 is 0 Å². The van der Waals surface area contributed by atoms with Gasteiger partial charge in [-0.3, -0.25) is 10.5 Å². The fourth-order valence-corrected chi connectivity index (χ4v) is 2.73.